The van der Waals surface area contributed by atoms with Crippen molar-refractivity contribution in [3.63, 3.8) is 0 Å². The van der Waals surface area contributed by atoms with Crippen LogP contribution in [0.4, 0.5) is 5.69 Å². The number of hydrogen-bond acceptors (Lipinski definition) is 4. The largest absolute Gasteiger partial charge is 0.481 e. The van der Waals surface area contributed by atoms with Crippen LogP contribution in [0.3, 0.4) is 0 Å². The van der Waals surface area contributed by atoms with E-state index in [1.54, 1.807) is 48.5 Å². The Balaban J connectivity index is 1.65. The smallest absolute Gasteiger partial charge is 0.265 e. The number of nitrogens with one attached hydrogen (secondary N) is 2. The van der Waals surface area contributed by atoms with Crippen molar-refractivity contribution in [3.8, 4) is 5.75 Å². The number of hydrogen-bond donors (Lipinski definition) is 2. The van der Waals surface area contributed by atoms with E-state index in [9.17, 15) is 9.59 Å². The van der Waals surface area contributed by atoms with Crippen molar-refractivity contribution in [3.05, 3.63) is 59.1 Å². The summed E-state index contributed by atoms with van der Waals surface area (Å²) in [7, 11) is 0. The van der Waals surface area contributed by atoms with Crippen molar-refractivity contribution in [2.45, 2.75) is 38.4 Å². The molecule has 1 aliphatic rings. The molecule has 1 aliphatic heterocycles. The maximum Gasteiger partial charge on any atom is 0.265 e. The third kappa shape index (κ3) is 5.95. The highest BCUT2D eigenvalue weighted by Gasteiger charge is 2.22. The summed E-state index contributed by atoms with van der Waals surface area (Å²) in [6.07, 6.45) is 1.76. The number of carbonyl (C=O) groups excluding carboxylic acids is 2. The minimum Gasteiger partial charge on any atom is -0.481 e. The number of ether oxygens (including phenoxy) is 2. The molecule has 154 valence electrons. The maximum absolute atomic E-state index is 12.8. The lowest BCUT2D eigenvalue weighted by Crippen LogP contribution is -2.35. The van der Waals surface area contributed by atoms with Crippen LogP contribution >= 0.6 is 11.6 Å². The van der Waals surface area contributed by atoms with Crippen molar-refractivity contribution >= 4 is 29.1 Å². The summed E-state index contributed by atoms with van der Waals surface area (Å²) in [5.74, 6) is -0.0610. The molecule has 0 radical (unpaired) electrons. The summed E-state index contributed by atoms with van der Waals surface area (Å²) >= 11 is 5.98. The maximum atomic E-state index is 12.8. The molecule has 1 fully saturated rings. The van der Waals surface area contributed by atoms with Gasteiger partial charge >= 0.3 is 0 Å². The van der Waals surface area contributed by atoms with Gasteiger partial charge in [0, 0.05) is 18.2 Å². The molecule has 0 spiro atoms. The highest BCUT2D eigenvalue weighted by atomic mass is 35.5. The van der Waals surface area contributed by atoms with E-state index in [0.717, 1.165) is 19.4 Å². The fourth-order valence-electron chi connectivity index (χ4n) is 3.14. The van der Waals surface area contributed by atoms with E-state index >= 15 is 0 Å². The lowest BCUT2D eigenvalue weighted by molar-refractivity contribution is -0.122. The minimum atomic E-state index is -0.712. The van der Waals surface area contributed by atoms with Crippen molar-refractivity contribution in [1.29, 1.82) is 0 Å². The highest BCUT2D eigenvalue weighted by molar-refractivity contribution is 6.30. The average molecular weight is 417 g/mol. The van der Waals surface area contributed by atoms with Crippen LogP contribution in [0, 0.1) is 0 Å². The van der Waals surface area contributed by atoms with Gasteiger partial charge in [0.05, 0.1) is 17.4 Å². The molecule has 2 N–H and O–H groups in total. The fraction of sp³-hybridized carbons (Fsp3) is 0.364. The van der Waals surface area contributed by atoms with Crippen molar-refractivity contribution in [2.75, 3.05) is 18.5 Å². The van der Waals surface area contributed by atoms with Crippen LogP contribution in [0.2, 0.25) is 5.02 Å². The van der Waals surface area contributed by atoms with E-state index in [1.807, 2.05) is 6.92 Å². The second-order valence-electron chi connectivity index (χ2n) is 6.85. The second kappa shape index (κ2) is 10.3. The Labute approximate surface area is 175 Å². The van der Waals surface area contributed by atoms with Gasteiger partial charge in [0.15, 0.2) is 6.10 Å². The molecule has 0 aromatic heterocycles. The molecule has 3 rings (SSSR count). The van der Waals surface area contributed by atoms with Crippen LogP contribution in [0.15, 0.2) is 48.5 Å². The summed E-state index contributed by atoms with van der Waals surface area (Å²) in [6, 6.07) is 13.8. The normalized spacial score (nSPS) is 16.8. The zero-order chi connectivity index (χ0) is 20.6. The van der Waals surface area contributed by atoms with Crippen molar-refractivity contribution in [2.24, 2.45) is 0 Å². The molecule has 7 heteroatoms. The Morgan fingerprint density at radius 1 is 1.24 bits per heavy atom. The van der Waals surface area contributed by atoms with E-state index in [4.69, 9.17) is 21.1 Å². The first-order valence-corrected chi connectivity index (χ1v) is 10.2. The first-order chi connectivity index (χ1) is 14.1. The van der Waals surface area contributed by atoms with Crippen molar-refractivity contribution < 1.29 is 19.1 Å². The van der Waals surface area contributed by atoms with E-state index in [-0.39, 0.29) is 17.9 Å². The third-order valence-corrected chi connectivity index (χ3v) is 4.92. The van der Waals surface area contributed by atoms with E-state index in [0.29, 0.717) is 35.0 Å². The first kappa shape index (κ1) is 21.1. The number of benzene rings is 2. The lowest BCUT2D eigenvalue weighted by Gasteiger charge is -2.19. The van der Waals surface area contributed by atoms with Gasteiger partial charge in [-0.25, -0.2) is 0 Å². The Kier molecular flexibility index (Phi) is 7.49. The molecular weight excluding hydrogens is 392 g/mol. The fourth-order valence-corrected chi connectivity index (χ4v) is 3.32. The summed E-state index contributed by atoms with van der Waals surface area (Å²) in [4.78, 5) is 25.4. The van der Waals surface area contributed by atoms with Gasteiger partial charge in [-0.3, -0.25) is 9.59 Å². The van der Waals surface area contributed by atoms with E-state index < -0.39 is 6.10 Å². The first-order valence-electron chi connectivity index (χ1n) is 9.78. The van der Waals surface area contributed by atoms with Gasteiger partial charge in [-0.1, -0.05) is 36.7 Å². The summed E-state index contributed by atoms with van der Waals surface area (Å²) in [5, 5.41) is 6.23. The lowest BCUT2D eigenvalue weighted by atomic mass is 10.1. The van der Waals surface area contributed by atoms with Gasteiger partial charge in [0.25, 0.3) is 11.8 Å². The van der Waals surface area contributed by atoms with Crippen LogP contribution in [-0.4, -0.2) is 37.2 Å². The summed E-state index contributed by atoms with van der Waals surface area (Å²) in [6.45, 7) is 3.05. The number of anilines is 1. The predicted octanol–water partition coefficient (Wildman–Crippen LogP) is 4.04. The van der Waals surface area contributed by atoms with Crippen LogP contribution < -0.4 is 15.4 Å². The average Bonchev–Trinajstić information content (AvgIpc) is 3.24. The van der Waals surface area contributed by atoms with Crippen LogP contribution in [0.1, 0.15) is 36.5 Å². The number of amides is 2. The van der Waals surface area contributed by atoms with Gasteiger partial charge in [-0.05, 0) is 49.6 Å². The number of halogens is 1. The molecular formula is C22H25ClN2O4. The molecule has 0 bridgehead atoms. The molecule has 0 saturated carbocycles. The SMILES string of the molecule is CC[C@@H](Oc1cccc(Cl)c1)C(=O)Nc1ccccc1C(=O)NC[C@@H]1CCCO1. The monoisotopic (exact) mass is 416 g/mol. The number of para-hydroxylation sites is 1. The van der Waals surface area contributed by atoms with E-state index in [1.165, 1.54) is 0 Å². The third-order valence-electron chi connectivity index (χ3n) is 4.68. The molecule has 2 aromatic carbocycles. The Morgan fingerprint density at radius 3 is 2.79 bits per heavy atom. The number of rotatable bonds is 8. The van der Waals surface area contributed by atoms with Gasteiger partial charge in [-0.15, -0.1) is 0 Å². The molecule has 2 amide bonds. The zero-order valence-corrected chi connectivity index (χ0v) is 17.1. The molecule has 1 saturated heterocycles. The molecule has 6 nitrogen and oxygen atoms in total. The molecule has 2 atom stereocenters. The summed E-state index contributed by atoms with van der Waals surface area (Å²) in [5.41, 5.74) is 0.840. The van der Waals surface area contributed by atoms with Gasteiger partial charge in [0.2, 0.25) is 0 Å². The quantitative estimate of drug-likeness (QED) is 0.680. The van der Waals surface area contributed by atoms with Gasteiger partial charge in [-0.2, -0.15) is 0 Å². The topological polar surface area (TPSA) is 76.7 Å². The minimum absolute atomic E-state index is 0.0521. The molecule has 1 heterocycles. The Morgan fingerprint density at radius 2 is 2.07 bits per heavy atom. The highest BCUT2D eigenvalue weighted by Crippen LogP contribution is 2.21. The predicted molar refractivity (Wildman–Crippen MR) is 113 cm³/mol. The van der Waals surface area contributed by atoms with Crippen molar-refractivity contribution in [1.82, 2.24) is 5.32 Å². The van der Waals surface area contributed by atoms with E-state index in [2.05, 4.69) is 10.6 Å². The van der Waals surface area contributed by atoms with Crippen LogP contribution in [0.5, 0.6) is 5.75 Å². The molecule has 29 heavy (non-hydrogen) atoms. The zero-order valence-electron chi connectivity index (χ0n) is 16.3. The number of carbonyl (C=O) groups is 2. The van der Waals surface area contributed by atoms with Crippen LogP contribution in [-0.2, 0) is 9.53 Å². The van der Waals surface area contributed by atoms with Gasteiger partial charge < -0.3 is 20.1 Å². The standard InChI is InChI=1S/C22H25ClN2O4/c1-2-20(29-16-8-5-7-15(23)13-16)22(27)25-19-11-4-3-10-18(19)21(26)24-14-17-9-6-12-28-17/h3-5,7-8,10-11,13,17,20H,2,6,9,12,14H2,1H3,(H,24,26)(H,25,27)/t17-,20+/m0/s1. The Bertz CT molecular complexity index is 852. The molecule has 0 unspecified atom stereocenters. The Hall–Kier alpha value is -2.57. The second-order valence-corrected chi connectivity index (χ2v) is 7.29. The van der Waals surface area contributed by atoms with Crippen LogP contribution in [0.25, 0.3) is 0 Å². The molecule has 0 aliphatic carbocycles. The summed E-state index contributed by atoms with van der Waals surface area (Å²) < 4.78 is 11.3. The molecule has 2 aromatic rings. The van der Waals surface area contributed by atoms with Gasteiger partial charge in [0.1, 0.15) is 5.75 Å².